The fourth-order valence-electron chi connectivity index (χ4n) is 6.60. The van der Waals surface area contributed by atoms with Crippen LogP contribution in [0.4, 0.5) is 17.1 Å². The van der Waals surface area contributed by atoms with Gasteiger partial charge in [-0.2, -0.15) is 0 Å². The van der Waals surface area contributed by atoms with Crippen molar-refractivity contribution in [1.82, 2.24) is 0 Å². The van der Waals surface area contributed by atoms with Gasteiger partial charge in [0.15, 0.2) is 0 Å². The second-order valence-electron chi connectivity index (χ2n) is 13.0. The lowest BCUT2D eigenvalue weighted by Crippen LogP contribution is -2.40. The van der Waals surface area contributed by atoms with Crippen molar-refractivity contribution < 1.29 is 20.7 Å². The third-order valence-corrected chi connectivity index (χ3v) is 9.21. The molecule has 0 aromatic heterocycles. The molecule has 0 saturated heterocycles. The van der Waals surface area contributed by atoms with E-state index >= 15 is 0 Å². The largest absolute Gasteiger partial charge is 0.871 e. The Bertz CT molecular complexity index is 1150. The van der Waals surface area contributed by atoms with Crippen molar-refractivity contribution in [2.75, 3.05) is 21.9 Å². The minimum absolute atomic E-state index is 0.0559. The summed E-state index contributed by atoms with van der Waals surface area (Å²) in [5.41, 5.74) is 1.47. The van der Waals surface area contributed by atoms with Crippen LogP contribution >= 0.6 is 0 Å². The molecule has 0 aliphatic carbocycles. The van der Waals surface area contributed by atoms with E-state index in [1.807, 2.05) is 18.2 Å². The number of unbranched alkanes of at least 4 members (excludes halogenated alkanes) is 15. The van der Waals surface area contributed by atoms with Gasteiger partial charge in [-0.3, -0.25) is 15.6 Å². The van der Waals surface area contributed by atoms with Gasteiger partial charge >= 0.3 is 0 Å². The number of anilines is 3. The molecule has 44 heavy (non-hydrogen) atoms. The number of hydrogen-bond donors (Lipinski definition) is 3. The molecule has 0 spiro atoms. The van der Waals surface area contributed by atoms with Gasteiger partial charge in [0.2, 0.25) is 0 Å². The van der Waals surface area contributed by atoms with Crippen LogP contribution in [0, 0.1) is 5.21 Å². The summed E-state index contributed by atoms with van der Waals surface area (Å²) >= 11 is 0. The van der Waals surface area contributed by atoms with Crippen LogP contribution in [0.3, 0.4) is 0 Å². The maximum Gasteiger partial charge on any atom is 0.0891 e. The van der Waals surface area contributed by atoms with Crippen LogP contribution in [-0.2, 0) is 5.41 Å². The maximum atomic E-state index is 12.9. The second kappa shape index (κ2) is 18.3. The molecule has 1 heterocycles. The average Bonchev–Trinajstić information content (AvgIpc) is 3.21. The quantitative estimate of drug-likeness (QED) is 0.0946. The minimum atomic E-state index is -0.658. The van der Waals surface area contributed by atoms with E-state index in [1.165, 1.54) is 114 Å². The van der Waals surface area contributed by atoms with Gasteiger partial charge in [-0.25, -0.2) is 0 Å². The summed E-state index contributed by atoms with van der Waals surface area (Å²) in [7, 11) is 0. The Morgan fingerprint density at radius 3 is 1.84 bits per heavy atom. The number of hydrogen-bond acceptors (Lipinski definition) is 8. The predicted molar refractivity (Wildman–Crippen MR) is 179 cm³/mol. The standard InChI is InChI=1S/C36H56N3O5/c1-4-5-6-7-8-9-10-11-12-13-14-15-16-17-18-21-26-37-32-23-20-19-22-31(32)36(2,3)34(37)25-24-29-27-30(38(41)42)28-33(35(29)40)39(43)44/h19-20,22-25,27-28,34,40-41,43-44H,4-18,21,26H2,1-3H3/q-1/p-1. The first-order chi connectivity index (χ1) is 21.2. The average molecular weight is 610 g/mol. The smallest absolute Gasteiger partial charge is 0.0891 e. The van der Waals surface area contributed by atoms with Crippen molar-refractivity contribution >= 4 is 23.1 Å². The molecule has 0 fully saturated rings. The van der Waals surface area contributed by atoms with Crippen LogP contribution in [-0.4, -0.2) is 28.2 Å². The van der Waals surface area contributed by atoms with Crippen molar-refractivity contribution in [3.05, 3.63) is 58.8 Å². The molecule has 0 amide bonds. The van der Waals surface area contributed by atoms with E-state index in [0.717, 1.165) is 19.0 Å². The molecule has 1 aliphatic rings. The third-order valence-electron chi connectivity index (χ3n) is 9.21. The van der Waals surface area contributed by atoms with Crippen molar-refractivity contribution in [3.63, 3.8) is 0 Å². The van der Waals surface area contributed by atoms with Crippen molar-refractivity contribution in [3.8, 4) is 5.75 Å². The van der Waals surface area contributed by atoms with Crippen LogP contribution < -0.4 is 20.5 Å². The molecule has 0 bridgehead atoms. The van der Waals surface area contributed by atoms with Gasteiger partial charge in [0, 0.05) is 17.6 Å². The van der Waals surface area contributed by atoms with E-state index < -0.39 is 16.7 Å². The number of fused-ring (bicyclic) bond motifs is 1. The Balaban J connectivity index is 1.49. The van der Waals surface area contributed by atoms with Gasteiger partial charge in [0.05, 0.1) is 17.4 Å². The normalized spacial score (nSPS) is 15.7. The second-order valence-corrected chi connectivity index (χ2v) is 13.0. The summed E-state index contributed by atoms with van der Waals surface area (Å²) < 4.78 is 0. The number of rotatable bonds is 21. The molecule has 8 heteroatoms. The highest BCUT2D eigenvalue weighted by Gasteiger charge is 2.42. The lowest BCUT2D eigenvalue weighted by atomic mass is 9.80. The summed E-state index contributed by atoms with van der Waals surface area (Å²) in [5.74, 6) is -0.658. The molecule has 3 N–H and O–H groups in total. The highest BCUT2D eigenvalue weighted by atomic mass is 16.8. The van der Waals surface area contributed by atoms with E-state index in [4.69, 9.17) is 0 Å². The van der Waals surface area contributed by atoms with Crippen molar-refractivity contribution in [1.29, 1.82) is 0 Å². The molecule has 0 radical (unpaired) electrons. The van der Waals surface area contributed by atoms with E-state index in [1.54, 1.807) is 6.08 Å². The van der Waals surface area contributed by atoms with Gasteiger partial charge in [0.25, 0.3) is 0 Å². The van der Waals surface area contributed by atoms with Crippen LogP contribution in [0.1, 0.15) is 135 Å². The molecule has 1 aliphatic heterocycles. The zero-order chi connectivity index (χ0) is 32.0. The lowest BCUT2D eigenvalue weighted by molar-refractivity contribution is -0.268. The Hall–Kier alpha value is -2.78. The molecule has 1 unspecified atom stereocenters. The van der Waals surface area contributed by atoms with Crippen LogP contribution in [0.2, 0.25) is 0 Å². The molecule has 0 saturated carbocycles. The maximum absolute atomic E-state index is 12.9. The predicted octanol–water partition coefficient (Wildman–Crippen LogP) is 9.48. The zero-order valence-corrected chi connectivity index (χ0v) is 27.2. The monoisotopic (exact) mass is 609 g/mol. The zero-order valence-electron chi connectivity index (χ0n) is 27.2. The molecule has 1 atom stereocenters. The molecule has 8 nitrogen and oxygen atoms in total. The van der Waals surface area contributed by atoms with Crippen LogP contribution in [0.5, 0.6) is 5.75 Å². The Labute approximate surface area is 265 Å². The third kappa shape index (κ3) is 10.1. The molecule has 3 rings (SSSR count). The topological polar surface area (TPSA) is 117 Å². The number of nitrogens with zero attached hydrogens (tertiary/aromatic N) is 3. The summed E-state index contributed by atoms with van der Waals surface area (Å²) in [6.45, 7) is 7.53. The molecule has 2 aromatic carbocycles. The fraction of sp³-hybridized carbons (Fsp3) is 0.611. The Morgan fingerprint density at radius 2 is 1.32 bits per heavy atom. The Morgan fingerprint density at radius 1 is 0.795 bits per heavy atom. The molecular formula is C36H55N3O5-2. The minimum Gasteiger partial charge on any atom is -0.871 e. The van der Waals surface area contributed by atoms with E-state index in [2.05, 4.69) is 37.8 Å². The molecular weight excluding hydrogens is 554 g/mol. The summed E-state index contributed by atoms with van der Waals surface area (Å²) in [6, 6.07) is 10.5. The number of para-hydroxylation sites is 1. The van der Waals surface area contributed by atoms with Gasteiger partial charge < -0.3 is 20.4 Å². The lowest BCUT2D eigenvalue weighted by Gasteiger charge is -2.33. The van der Waals surface area contributed by atoms with Gasteiger partial charge in [-0.15, -0.1) is 5.23 Å². The summed E-state index contributed by atoms with van der Waals surface area (Å²) in [4.78, 5) is 2.39. The van der Waals surface area contributed by atoms with Gasteiger partial charge in [-0.1, -0.05) is 153 Å². The Kier molecular flexibility index (Phi) is 14.8. The van der Waals surface area contributed by atoms with Crippen molar-refractivity contribution in [2.24, 2.45) is 0 Å². The van der Waals surface area contributed by atoms with Crippen LogP contribution in [0.15, 0.2) is 42.5 Å². The highest BCUT2D eigenvalue weighted by Crippen LogP contribution is 2.46. The van der Waals surface area contributed by atoms with Crippen LogP contribution in [0.25, 0.3) is 6.08 Å². The molecule has 2 aromatic rings. The van der Waals surface area contributed by atoms with Gasteiger partial charge in [0.1, 0.15) is 0 Å². The van der Waals surface area contributed by atoms with E-state index in [-0.39, 0.29) is 27.9 Å². The fourth-order valence-corrected chi connectivity index (χ4v) is 6.60. The van der Waals surface area contributed by atoms with Crippen molar-refractivity contribution in [2.45, 2.75) is 135 Å². The van der Waals surface area contributed by atoms with Gasteiger partial charge in [-0.05, 0) is 35.7 Å². The molecule has 246 valence electrons. The number of benzene rings is 2. The first-order valence-electron chi connectivity index (χ1n) is 16.9. The first kappa shape index (κ1) is 35.7. The summed E-state index contributed by atoms with van der Waals surface area (Å²) in [6.07, 6.45) is 24.8. The summed E-state index contributed by atoms with van der Waals surface area (Å²) in [5, 5.41) is 52.0. The van der Waals surface area contributed by atoms with E-state index in [0.29, 0.717) is 0 Å². The highest BCUT2D eigenvalue weighted by molar-refractivity contribution is 5.75. The first-order valence-corrected chi connectivity index (χ1v) is 16.9. The SMILES string of the molecule is CCCCCCCCCCCCCCCCCCN1c2ccccc2C(C)(C)C1C=Cc1cc(N([O-])O)cc(N(O)O)c1[O-]. The van der Waals surface area contributed by atoms with E-state index in [9.17, 15) is 25.9 Å².